The number of hydrogen-bond acceptors (Lipinski definition) is 2. The van der Waals surface area contributed by atoms with Gasteiger partial charge in [0.15, 0.2) is 5.34 Å². The third kappa shape index (κ3) is 324. The predicted octanol–water partition coefficient (Wildman–Crippen LogP) is 2.25. The average Bonchev–Trinajstić information content (AvgIpc) is 0.918. The molecule has 0 aliphatic carbocycles. The Balaban J connectivity index is -0.00000000200. The molecule has 58 valence electrons. The molecule has 0 saturated heterocycles. The maximum absolute atomic E-state index is 8.11. The Hall–Kier alpha value is 0.850. The van der Waals surface area contributed by atoms with Gasteiger partial charge in [-0.1, -0.05) is 0 Å². The lowest BCUT2D eigenvalue weighted by Crippen LogP contribution is -1.25. The first-order valence-corrected chi connectivity index (χ1v) is 0.383. The zero-order valence-corrected chi connectivity index (χ0v) is 7.43. The fraction of sp³-hybridized carbons (Fsp3) is 0. The Morgan fingerprint density at radius 2 is 0.875 bits per heavy atom. The highest BCUT2D eigenvalue weighted by molar-refractivity contribution is 5.86. The molecule has 0 radical (unpaired) electrons. The lowest BCUT2D eigenvalue weighted by molar-refractivity contribution is 0.312. The van der Waals surface area contributed by atoms with Crippen LogP contribution >= 0.6 is 62.0 Å². The predicted molar refractivity (Wildman–Crippen MR) is 43.8 cm³/mol. The third-order valence-electron chi connectivity index (χ3n) is 0. The molecule has 0 unspecified atom stereocenters. The van der Waals surface area contributed by atoms with Gasteiger partial charge in [0.05, 0.1) is 0 Å². The lowest BCUT2D eigenvalue weighted by atomic mass is 13.4. The van der Waals surface area contributed by atoms with Crippen molar-refractivity contribution in [1.29, 1.82) is 0 Å². The molecular weight excluding hydrogens is 223 g/mol. The summed E-state index contributed by atoms with van der Waals surface area (Å²) in [5, 5.41) is 7.89. The van der Waals surface area contributed by atoms with E-state index in [1.54, 1.807) is 0 Å². The van der Waals surface area contributed by atoms with Crippen LogP contribution in [0.25, 0.3) is 0 Å². The molecule has 1 N–H and O–H groups in total. The van der Waals surface area contributed by atoms with E-state index in [0.29, 0.717) is 0 Å². The summed E-state index contributed by atoms with van der Waals surface area (Å²) >= 11 is 0. The number of rotatable bonds is 0. The molecule has 0 rings (SSSR count). The van der Waals surface area contributed by atoms with Crippen molar-refractivity contribution in [3.8, 4) is 0 Å². The SMILES string of the molecule is Cl.Cl.Cl.Cl.Cl.O=NO. The number of hydrogen-bond donors (Lipinski definition) is 1. The molecule has 0 bridgehead atoms. The molecule has 0 amide bonds. The molecule has 0 saturated carbocycles. The summed E-state index contributed by atoms with van der Waals surface area (Å²) in [6.07, 6.45) is 0. The third-order valence-corrected chi connectivity index (χ3v) is 0. The van der Waals surface area contributed by atoms with Crippen LogP contribution in [0.4, 0.5) is 0 Å². The highest BCUT2D eigenvalue weighted by Gasteiger charge is 1.18. The largest absolute Gasteiger partial charge is 0.379 e. The second-order valence-electron chi connectivity index (χ2n) is 0.0816. The summed E-state index contributed by atoms with van der Waals surface area (Å²) < 4.78 is 0. The Bertz CT molecular complexity index is 17.9. The van der Waals surface area contributed by atoms with Crippen LogP contribution in [0.3, 0.4) is 0 Å². The van der Waals surface area contributed by atoms with Gasteiger partial charge in [-0.3, -0.25) is 0 Å². The smallest absolute Gasteiger partial charge is 0.152 e. The minimum Gasteiger partial charge on any atom is -0.379 e. The quantitative estimate of drug-likeness (QED) is 0.511. The van der Waals surface area contributed by atoms with Gasteiger partial charge >= 0.3 is 0 Å². The van der Waals surface area contributed by atoms with Crippen molar-refractivity contribution in [1.82, 2.24) is 0 Å². The van der Waals surface area contributed by atoms with Crippen LogP contribution in [-0.2, 0) is 0 Å². The minimum absolute atomic E-state index is 0. The first-order valence-electron chi connectivity index (χ1n) is 0.383. The van der Waals surface area contributed by atoms with Gasteiger partial charge in [-0.05, 0) is 0 Å². The second kappa shape index (κ2) is 108. The first kappa shape index (κ1) is 67.1. The molecule has 0 heterocycles. The monoisotopic (exact) mass is 227 g/mol. The topological polar surface area (TPSA) is 49.7 Å². The molecule has 0 aromatic heterocycles. The van der Waals surface area contributed by atoms with Crippen molar-refractivity contribution >= 4 is 62.0 Å². The first-order chi connectivity index (χ1) is 1.41. The molecule has 0 aliphatic rings. The van der Waals surface area contributed by atoms with Crippen molar-refractivity contribution < 1.29 is 5.21 Å². The van der Waals surface area contributed by atoms with Gasteiger partial charge in [-0.25, -0.2) is 0 Å². The maximum Gasteiger partial charge on any atom is 0.152 e. The highest BCUT2D eigenvalue weighted by Crippen LogP contribution is 1.25. The van der Waals surface area contributed by atoms with E-state index in [4.69, 9.17) is 10.1 Å². The summed E-state index contributed by atoms with van der Waals surface area (Å²) in [7, 11) is 0. The Morgan fingerprint density at radius 1 is 0.875 bits per heavy atom. The molecule has 8 heteroatoms. The van der Waals surface area contributed by atoms with Crippen molar-refractivity contribution in [2.24, 2.45) is 5.34 Å². The maximum atomic E-state index is 8.11. The normalized spacial score (nSPS) is 1.50. The molecule has 0 aliphatic heterocycles. The van der Waals surface area contributed by atoms with E-state index in [1.807, 2.05) is 0 Å². The average molecular weight is 229 g/mol. The Labute approximate surface area is 77.6 Å². The van der Waals surface area contributed by atoms with Crippen molar-refractivity contribution in [3.63, 3.8) is 0 Å². The van der Waals surface area contributed by atoms with Gasteiger partial charge in [-0.2, -0.15) is 0 Å². The molecule has 0 atom stereocenters. The molecule has 0 spiro atoms. The van der Waals surface area contributed by atoms with Crippen LogP contribution in [0, 0.1) is 4.91 Å². The van der Waals surface area contributed by atoms with E-state index in [-0.39, 0.29) is 62.0 Å². The van der Waals surface area contributed by atoms with E-state index in [9.17, 15) is 0 Å². The molecule has 8 heavy (non-hydrogen) atoms. The lowest BCUT2D eigenvalue weighted by Gasteiger charge is -1.32. The van der Waals surface area contributed by atoms with Crippen LogP contribution in [0.5, 0.6) is 0 Å². The highest BCUT2D eigenvalue weighted by atomic mass is 35.5. The van der Waals surface area contributed by atoms with E-state index >= 15 is 0 Å². The van der Waals surface area contributed by atoms with Gasteiger partial charge in [-0.15, -0.1) is 66.9 Å². The van der Waals surface area contributed by atoms with Crippen molar-refractivity contribution in [2.75, 3.05) is 0 Å². The van der Waals surface area contributed by atoms with E-state index < -0.39 is 0 Å². The summed E-state index contributed by atoms with van der Waals surface area (Å²) in [4.78, 5) is 8.11. The van der Waals surface area contributed by atoms with Gasteiger partial charge in [0.1, 0.15) is 0 Å². The van der Waals surface area contributed by atoms with Gasteiger partial charge in [0.2, 0.25) is 0 Å². The fourth-order valence-electron chi connectivity index (χ4n) is 0. The summed E-state index contributed by atoms with van der Waals surface area (Å²) in [5.74, 6) is 0. The van der Waals surface area contributed by atoms with Crippen LogP contribution in [0.1, 0.15) is 0 Å². The summed E-state index contributed by atoms with van der Waals surface area (Å²) in [6.45, 7) is 0. The van der Waals surface area contributed by atoms with Gasteiger partial charge in [0.25, 0.3) is 0 Å². The molecule has 0 aromatic carbocycles. The summed E-state index contributed by atoms with van der Waals surface area (Å²) in [5.41, 5.74) is 0. The van der Waals surface area contributed by atoms with Crippen LogP contribution in [-0.4, -0.2) is 5.21 Å². The van der Waals surface area contributed by atoms with Gasteiger partial charge in [0, 0.05) is 0 Å². The van der Waals surface area contributed by atoms with Crippen LogP contribution in [0.2, 0.25) is 0 Å². The second-order valence-corrected chi connectivity index (χ2v) is 0.0816. The summed E-state index contributed by atoms with van der Waals surface area (Å²) in [6, 6.07) is 0. The number of nitrogens with zero attached hydrogens (tertiary/aromatic N) is 1. The Kier molecular flexibility index (Phi) is 903. The zero-order valence-electron chi connectivity index (χ0n) is 3.34. The van der Waals surface area contributed by atoms with Crippen molar-refractivity contribution in [2.45, 2.75) is 0 Å². The Morgan fingerprint density at radius 3 is 0.875 bits per heavy atom. The fourth-order valence-corrected chi connectivity index (χ4v) is 0. The van der Waals surface area contributed by atoms with Crippen LogP contribution in [0.15, 0.2) is 5.34 Å². The van der Waals surface area contributed by atoms with E-state index in [0.717, 1.165) is 0 Å². The number of halogens is 5. The zero-order chi connectivity index (χ0) is 2.71. The minimum atomic E-state index is 0. The van der Waals surface area contributed by atoms with Gasteiger partial charge < -0.3 is 5.21 Å². The van der Waals surface area contributed by atoms with Crippen molar-refractivity contribution in [3.05, 3.63) is 4.91 Å². The standard InChI is InChI=1S/5ClH.HNO2/c;;;;;2-1-3/h5*1H;(H,2,3). The molecule has 0 aromatic rings. The molecule has 0 fully saturated rings. The molecular formula is H6Cl5NO2. The van der Waals surface area contributed by atoms with Crippen LogP contribution < -0.4 is 0 Å². The molecule has 3 nitrogen and oxygen atoms in total. The van der Waals surface area contributed by atoms with E-state index in [2.05, 4.69) is 0 Å². The van der Waals surface area contributed by atoms with E-state index in [1.165, 1.54) is 5.34 Å².